The number of hydrogen-bond acceptors (Lipinski definition) is 1. The maximum absolute atomic E-state index is 14.2. The molecule has 0 radical (unpaired) electrons. The Morgan fingerprint density at radius 3 is 1.56 bits per heavy atom. The normalized spacial score (nSPS) is 12.8. The molecule has 41 heavy (non-hydrogen) atoms. The molecule has 0 spiro atoms. The first-order valence-corrected chi connectivity index (χ1v) is 14.0. The second kappa shape index (κ2) is 9.35. The van der Waals surface area contributed by atoms with Crippen LogP contribution in [-0.2, 0) is 6.54 Å². The van der Waals surface area contributed by atoms with E-state index in [1.54, 1.807) is 0 Å². The van der Waals surface area contributed by atoms with Crippen LogP contribution in [0.5, 0.6) is 0 Å². The lowest BCUT2D eigenvalue weighted by atomic mass is 10.0. The van der Waals surface area contributed by atoms with Crippen LogP contribution >= 0.6 is 0 Å². The van der Waals surface area contributed by atoms with Gasteiger partial charge in [0.15, 0.2) is 0 Å². The SMILES string of the molecule is O=C1c2c(cccc2-n2c3c(-c4ccccc4)cccc3c3cccc(-c4ccccc4)c32)CN1c1ccccc1. The van der Waals surface area contributed by atoms with Gasteiger partial charge in [0, 0.05) is 27.6 Å². The zero-order valence-corrected chi connectivity index (χ0v) is 22.4. The van der Waals surface area contributed by atoms with E-state index in [4.69, 9.17) is 0 Å². The molecule has 0 aliphatic carbocycles. The van der Waals surface area contributed by atoms with E-state index in [-0.39, 0.29) is 5.91 Å². The summed E-state index contributed by atoms with van der Waals surface area (Å²) in [5.74, 6) is 0.0335. The third kappa shape index (κ3) is 3.63. The molecule has 7 aromatic rings. The van der Waals surface area contributed by atoms with Gasteiger partial charge in [-0.15, -0.1) is 0 Å². The largest absolute Gasteiger partial charge is 0.307 e. The summed E-state index contributed by atoms with van der Waals surface area (Å²) in [6.45, 7) is 0.556. The molecule has 6 aromatic carbocycles. The highest BCUT2D eigenvalue weighted by Crippen LogP contribution is 2.43. The quantitative estimate of drug-likeness (QED) is 0.224. The van der Waals surface area contributed by atoms with Gasteiger partial charge in [0.2, 0.25) is 0 Å². The van der Waals surface area contributed by atoms with Crippen molar-refractivity contribution in [1.82, 2.24) is 4.57 Å². The van der Waals surface area contributed by atoms with Gasteiger partial charge in [-0.25, -0.2) is 0 Å². The summed E-state index contributed by atoms with van der Waals surface area (Å²) in [5.41, 5.74) is 10.4. The topological polar surface area (TPSA) is 25.2 Å². The van der Waals surface area contributed by atoms with E-state index in [0.717, 1.165) is 55.8 Å². The predicted octanol–water partition coefficient (Wildman–Crippen LogP) is 9.28. The molecule has 0 N–H and O–H groups in total. The lowest BCUT2D eigenvalue weighted by Crippen LogP contribution is -2.23. The summed E-state index contributed by atoms with van der Waals surface area (Å²) in [6.07, 6.45) is 0. The summed E-state index contributed by atoms with van der Waals surface area (Å²) in [6, 6.07) is 50.4. The zero-order chi connectivity index (χ0) is 27.3. The van der Waals surface area contributed by atoms with Crippen molar-refractivity contribution >= 4 is 33.4 Å². The van der Waals surface area contributed by atoms with Gasteiger partial charge < -0.3 is 9.47 Å². The third-order valence-electron chi connectivity index (χ3n) is 8.20. The molecule has 0 bridgehead atoms. The van der Waals surface area contributed by atoms with Crippen molar-refractivity contribution in [2.45, 2.75) is 6.54 Å². The number of carbonyl (C=O) groups excluding carboxylic acids is 1. The second-order valence-electron chi connectivity index (χ2n) is 10.5. The highest BCUT2D eigenvalue weighted by atomic mass is 16.2. The fourth-order valence-corrected chi connectivity index (χ4v) is 6.40. The molecule has 0 atom stereocenters. The summed E-state index contributed by atoms with van der Waals surface area (Å²) in [7, 11) is 0. The molecule has 1 aliphatic rings. The molecule has 1 amide bonds. The van der Waals surface area contributed by atoms with Crippen molar-refractivity contribution in [2.24, 2.45) is 0 Å². The minimum Gasteiger partial charge on any atom is -0.307 e. The van der Waals surface area contributed by atoms with Crippen LogP contribution in [0.4, 0.5) is 5.69 Å². The van der Waals surface area contributed by atoms with Crippen LogP contribution in [0.2, 0.25) is 0 Å². The molecule has 3 nitrogen and oxygen atoms in total. The van der Waals surface area contributed by atoms with Gasteiger partial charge in [0.05, 0.1) is 28.8 Å². The Labute approximate surface area is 238 Å². The van der Waals surface area contributed by atoms with E-state index >= 15 is 0 Å². The smallest absolute Gasteiger partial charge is 0.261 e. The number of fused-ring (bicyclic) bond motifs is 4. The Bertz CT molecular complexity index is 1980. The Hall–Kier alpha value is -5.41. The van der Waals surface area contributed by atoms with Crippen LogP contribution < -0.4 is 4.90 Å². The first kappa shape index (κ1) is 23.5. The van der Waals surface area contributed by atoms with Crippen molar-refractivity contribution < 1.29 is 4.79 Å². The van der Waals surface area contributed by atoms with E-state index < -0.39 is 0 Å². The van der Waals surface area contributed by atoms with Gasteiger partial charge in [-0.2, -0.15) is 0 Å². The second-order valence-corrected chi connectivity index (χ2v) is 10.5. The number of aromatic nitrogens is 1. The van der Waals surface area contributed by atoms with Gasteiger partial charge in [-0.3, -0.25) is 4.79 Å². The molecule has 0 saturated carbocycles. The fraction of sp³-hybridized carbons (Fsp3) is 0.0263. The highest BCUT2D eigenvalue weighted by molar-refractivity contribution is 6.19. The van der Waals surface area contributed by atoms with Crippen molar-refractivity contribution in [3.8, 4) is 27.9 Å². The molecule has 2 heterocycles. The summed E-state index contributed by atoms with van der Waals surface area (Å²) in [5, 5.41) is 2.34. The van der Waals surface area contributed by atoms with Crippen LogP contribution in [0.25, 0.3) is 49.7 Å². The molecular weight excluding hydrogens is 500 g/mol. The Morgan fingerprint density at radius 2 is 1.00 bits per heavy atom. The number of amides is 1. The number of hydrogen-bond donors (Lipinski definition) is 0. The van der Waals surface area contributed by atoms with E-state index in [0.29, 0.717) is 6.54 Å². The average molecular weight is 527 g/mol. The molecule has 194 valence electrons. The Morgan fingerprint density at radius 1 is 0.488 bits per heavy atom. The van der Waals surface area contributed by atoms with Crippen molar-refractivity contribution in [1.29, 1.82) is 0 Å². The van der Waals surface area contributed by atoms with Crippen LogP contribution in [0.15, 0.2) is 146 Å². The number of nitrogens with zero attached hydrogens (tertiary/aromatic N) is 2. The minimum absolute atomic E-state index is 0.0335. The lowest BCUT2D eigenvalue weighted by Gasteiger charge is -2.17. The van der Waals surface area contributed by atoms with Crippen molar-refractivity contribution in [3.63, 3.8) is 0 Å². The minimum atomic E-state index is 0.0335. The highest BCUT2D eigenvalue weighted by Gasteiger charge is 2.33. The molecule has 1 aliphatic heterocycles. The zero-order valence-electron chi connectivity index (χ0n) is 22.4. The number of anilines is 1. The molecule has 3 heteroatoms. The number of benzene rings is 6. The Balaban J connectivity index is 1.50. The number of para-hydroxylation sites is 3. The van der Waals surface area contributed by atoms with E-state index in [1.807, 2.05) is 47.4 Å². The summed E-state index contributed by atoms with van der Waals surface area (Å²) >= 11 is 0. The molecule has 8 rings (SSSR count). The number of carbonyl (C=O) groups is 1. The average Bonchev–Trinajstić information content (AvgIpc) is 3.57. The van der Waals surface area contributed by atoms with Gasteiger partial charge in [-0.05, 0) is 34.9 Å². The monoisotopic (exact) mass is 526 g/mol. The molecular formula is C38H26N2O. The van der Waals surface area contributed by atoms with Crippen LogP contribution in [0.1, 0.15) is 15.9 Å². The van der Waals surface area contributed by atoms with Gasteiger partial charge in [0.25, 0.3) is 5.91 Å². The van der Waals surface area contributed by atoms with Crippen LogP contribution in [0, 0.1) is 0 Å². The summed E-state index contributed by atoms with van der Waals surface area (Å²) < 4.78 is 2.35. The third-order valence-corrected chi connectivity index (χ3v) is 8.20. The van der Waals surface area contributed by atoms with E-state index in [9.17, 15) is 4.79 Å². The Kier molecular flexibility index (Phi) is 5.36. The maximum Gasteiger partial charge on any atom is 0.261 e. The first-order valence-electron chi connectivity index (χ1n) is 14.0. The molecule has 0 fully saturated rings. The van der Waals surface area contributed by atoms with Gasteiger partial charge >= 0.3 is 0 Å². The summed E-state index contributed by atoms with van der Waals surface area (Å²) in [4.78, 5) is 16.1. The standard InChI is InChI=1S/C38H26N2O/c41-38-35-28(25-39(38)29-18-8-3-9-19-29)17-10-24-34(35)40-36-30(26-13-4-1-5-14-26)20-11-22-32(36)33-23-12-21-31(37(33)40)27-15-6-2-7-16-27/h1-24H,25H2. The van der Waals surface area contributed by atoms with Gasteiger partial charge in [0.1, 0.15) is 0 Å². The molecule has 0 unspecified atom stereocenters. The van der Waals surface area contributed by atoms with E-state index in [1.165, 1.54) is 10.8 Å². The fourth-order valence-electron chi connectivity index (χ4n) is 6.40. The molecule has 0 saturated heterocycles. The van der Waals surface area contributed by atoms with E-state index in [2.05, 4.69) is 108 Å². The molecule has 1 aromatic heterocycles. The maximum atomic E-state index is 14.2. The predicted molar refractivity (Wildman–Crippen MR) is 169 cm³/mol. The van der Waals surface area contributed by atoms with Crippen molar-refractivity contribution in [3.05, 3.63) is 157 Å². The number of rotatable bonds is 4. The van der Waals surface area contributed by atoms with Crippen LogP contribution in [-0.4, -0.2) is 10.5 Å². The lowest BCUT2D eigenvalue weighted by molar-refractivity contribution is 0.0996. The van der Waals surface area contributed by atoms with Crippen LogP contribution in [0.3, 0.4) is 0 Å². The van der Waals surface area contributed by atoms with Crippen molar-refractivity contribution in [2.75, 3.05) is 4.90 Å². The van der Waals surface area contributed by atoms with Gasteiger partial charge in [-0.1, -0.05) is 127 Å². The first-order chi connectivity index (χ1) is 20.3.